The van der Waals surface area contributed by atoms with Gasteiger partial charge >= 0.3 is 12.3 Å². The average molecular weight is 121 g/mol. The molecule has 0 saturated heterocycles. The second-order valence-corrected chi connectivity index (χ2v) is 0.701. The highest BCUT2D eigenvalue weighted by molar-refractivity contribution is 5.75. The fraction of sp³-hybridized carbons (Fsp3) is 0. The Morgan fingerprint density at radius 2 is 2.00 bits per heavy atom. The van der Waals surface area contributed by atoms with Crippen molar-refractivity contribution in [3.05, 3.63) is 0 Å². The zero-order valence-corrected chi connectivity index (χ0v) is 3.49. The van der Waals surface area contributed by atoms with E-state index in [2.05, 4.69) is 9.62 Å². The van der Waals surface area contributed by atoms with E-state index in [0.29, 0.717) is 0 Å². The van der Waals surface area contributed by atoms with Gasteiger partial charge in [0.05, 0.1) is 0 Å². The number of ether oxygens (including phenoxy) is 1. The molecule has 46 valence electrons. The summed E-state index contributed by atoms with van der Waals surface area (Å²) in [7, 11) is 0. The molecule has 0 aromatic heterocycles. The highest BCUT2D eigenvalue weighted by atomic mass is 17.2. The van der Waals surface area contributed by atoms with Crippen molar-refractivity contribution in [2.24, 2.45) is 0 Å². The highest BCUT2D eigenvalue weighted by Gasteiger charge is 2.03. The second kappa shape index (κ2) is 2.80. The van der Waals surface area contributed by atoms with Crippen LogP contribution in [0, 0.1) is 0 Å². The van der Waals surface area contributed by atoms with Gasteiger partial charge in [-0.05, 0) is 0 Å². The molecule has 0 aliphatic heterocycles. The smallest absolute Gasteiger partial charge is 0.516 e. The Kier molecular flexibility index (Phi) is 2.35. The molecule has 0 bridgehead atoms. The lowest BCUT2D eigenvalue weighted by molar-refractivity contribution is -0.657. The summed E-state index contributed by atoms with van der Waals surface area (Å²) in [4.78, 5) is 21.4. The molecule has 0 fully saturated rings. The molecule has 0 aromatic rings. The van der Waals surface area contributed by atoms with E-state index in [1.807, 2.05) is 0 Å². The van der Waals surface area contributed by atoms with Gasteiger partial charge in [-0.25, -0.2) is 9.59 Å². The van der Waals surface area contributed by atoms with Crippen LogP contribution in [0.1, 0.15) is 0 Å². The highest BCUT2D eigenvalue weighted by Crippen LogP contribution is 1.78. The van der Waals surface area contributed by atoms with Crippen LogP contribution in [0.2, 0.25) is 0 Å². The van der Waals surface area contributed by atoms with Crippen LogP contribution in [0.3, 0.4) is 0 Å². The quantitative estimate of drug-likeness (QED) is 0.193. The van der Waals surface area contributed by atoms with Crippen LogP contribution in [0.15, 0.2) is 0 Å². The lowest BCUT2D eigenvalue weighted by atomic mass is 11.3. The first kappa shape index (κ1) is 6.70. The van der Waals surface area contributed by atoms with Crippen LogP contribution >= 0.6 is 0 Å². The molecule has 0 aliphatic rings. The number of rotatable bonds is 0. The Hall–Kier alpha value is -1.30. The average Bonchev–Trinajstić information content (AvgIpc) is 1.65. The Labute approximate surface area is 43.2 Å². The van der Waals surface area contributed by atoms with E-state index >= 15 is 0 Å². The molecule has 0 atom stereocenters. The summed E-state index contributed by atoms with van der Waals surface area (Å²) >= 11 is 0. The van der Waals surface area contributed by atoms with Crippen molar-refractivity contribution < 1.29 is 29.6 Å². The van der Waals surface area contributed by atoms with Gasteiger partial charge in [0, 0.05) is 0 Å². The van der Waals surface area contributed by atoms with Gasteiger partial charge in [0.25, 0.3) is 0 Å². The van der Waals surface area contributed by atoms with Crippen molar-refractivity contribution in [1.29, 1.82) is 0 Å². The zero-order valence-electron chi connectivity index (χ0n) is 3.49. The zero-order chi connectivity index (χ0) is 6.57. The van der Waals surface area contributed by atoms with Crippen molar-refractivity contribution >= 4 is 12.3 Å². The van der Waals surface area contributed by atoms with Crippen LogP contribution in [0.5, 0.6) is 0 Å². The molecule has 1 N–H and O–H groups in total. The summed E-state index contributed by atoms with van der Waals surface area (Å²) in [6.07, 6.45) is -3.65. The van der Waals surface area contributed by atoms with E-state index < -0.39 is 12.3 Å². The molecule has 0 aliphatic carbocycles. The molecule has 8 heavy (non-hydrogen) atoms. The van der Waals surface area contributed by atoms with Gasteiger partial charge in [-0.1, -0.05) is 0 Å². The van der Waals surface area contributed by atoms with Crippen LogP contribution in [0.25, 0.3) is 0 Å². The molecule has 0 radical (unpaired) electrons. The lowest BCUT2D eigenvalue weighted by Crippen LogP contribution is -2.17. The maximum Gasteiger partial charge on any atom is 0.516 e. The minimum absolute atomic E-state index is 1.78. The summed E-state index contributed by atoms with van der Waals surface area (Å²) in [6, 6.07) is 0. The maximum atomic E-state index is 9.48. The van der Waals surface area contributed by atoms with Crippen LogP contribution in [-0.4, -0.2) is 17.4 Å². The van der Waals surface area contributed by atoms with E-state index in [1.165, 1.54) is 0 Å². The summed E-state index contributed by atoms with van der Waals surface area (Å²) in [5.74, 6) is 0. The fourth-order valence-electron chi connectivity index (χ4n) is 0.0883. The summed E-state index contributed by atoms with van der Waals surface area (Å²) in [5, 5.41) is 16.5. The van der Waals surface area contributed by atoms with Crippen molar-refractivity contribution in [3.8, 4) is 0 Å². The van der Waals surface area contributed by atoms with E-state index in [4.69, 9.17) is 10.4 Å². The van der Waals surface area contributed by atoms with Gasteiger partial charge in [0.2, 0.25) is 0 Å². The van der Waals surface area contributed by atoms with Crippen molar-refractivity contribution in [3.63, 3.8) is 0 Å². The van der Waals surface area contributed by atoms with Crippen molar-refractivity contribution in [1.82, 2.24) is 0 Å². The summed E-state index contributed by atoms with van der Waals surface area (Å²) < 4.78 is 3.14. The van der Waals surface area contributed by atoms with E-state index in [1.54, 1.807) is 0 Å². The largest absolute Gasteiger partial charge is 0.659 e. The molecule has 0 rings (SSSR count). The number of carboxylic acid groups (broad SMARTS) is 1. The molecule has 0 saturated carbocycles. The molecule has 6 heteroatoms. The maximum absolute atomic E-state index is 9.48. The van der Waals surface area contributed by atoms with Gasteiger partial charge < -0.3 is 20.0 Å². The van der Waals surface area contributed by atoms with E-state index in [9.17, 15) is 9.59 Å². The first-order valence-corrected chi connectivity index (χ1v) is 1.41. The van der Waals surface area contributed by atoms with Gasteiger partial charge in [-0.3, -0.25) is 0 Å². The molecule has 0 heterocycles. The normalized spacial score (nSPS) is 7.62. The number of carbonyl (C=O) groups excluding carboxylic acids is 1. The molecular weight excluding hydrogens is 120 g/mol. The Balaban J connectivity index is 3.40. The molecule has 0 spiro atoms. The first-order valence-electron chi connectivity index (χ1n) is 1.41. The van der Waals surface area contributed by atoms with Crippen molar-refractivity contribution in [2.75, 3.05) is 0 Å². The van der Waals surface area contributed by atoms with Gasteiger partial charge in [0.1, 0.15) is 0 Å². The number of hydrogen-bond acceptors (Lipinski definition) is 5. The Morgan fingerprint density at radius 3 is 2.12 bits per heavy atom. The Bertz CT molecular complexity index is 105. The van der Waals surface area contributed by atoms with E-state index in [-0.39, 0.29) is 0 Å². The third-order valence-electron chi connectivity index (χ3n) is 0.239. The number of hydrogen-bond donors (Lipinski definition) is 1. The molecule has 0 unspecified atom stereocenters. The summed E-state index contributed by atoms with van der Waals surface area (Å²) in [6.45, 7) is 0. The lowest BCUT2D eigenvalue weighted by Gasteiger charge is -2.00. The van der Waals surface area contributed by atoms with Gasteiger partial charge in [-0.15, -0.1) is 0 Å². The van der Waals surface area contributed by atoms with Gasteiger partial charge in [-0.2, -0.15) is 0 Å². The second-order valence-electron chi connectivity index (χ2n) is 0.701. The third-order valence-corrected chi connectivity index (χ3v) is 0.239. The van der Waals surface area contributed by atoms with Crippen LogP contribution in [0.4, 0.5) is 9.59 Å². The standard InChI is InChI=1S/C2H2O6/c3-1(4)7-2(5)8-6/h6H,(H,3,4)/p-1. The van der Waals surface area contributed by atoms with E-state index in [0.717, 1.165) is 0 Å². The fourth-order valence-corrected chi connectivity index (χ4v) is 0.0883. The monoisotopic (exact) mass is 121 g/mol. The minimum Gasteiger partial charge on any atom is -0.659 e. The van der Waals surface area contributed by atoms with Gasteiger partial charge in [0.15, 0.2) is 0 Å². The molecule has 0 aromatic carbocycles. The predicted octanol–water partition coefficient (Wildman–Crippen LogP) is -0.907. The summed E-state index contributed by atoms with van der Waals surface area (Å²) in [5.41, 5.74) is 0. The Morgan fingerprint density at radius 1 is 1.50 bits per heavy atom. The minimum atomic E-state index is -1.87. The topological polar surface area (TPSA) is 95.9 Å². The molecule has 0 amide bonds. The molecule has 6 nitrogen and oxygen atoms in total. The van der Waals surface area contributed by atoms with Crippen LogP contribution in [-0.2, 0) is 9.62 Å². The predicted molar refractivity (Wildman–Crippen MR) is 15.6 cm³/mol. The third kappa shape index (κ3) is 2.91. The van der Waals surface area contributed by atoms with Crippen molar-refractivity contribution in [2.45, 2.75) is 0 Å². The van der Waals surface area contributed by atoms with Crippen LogP contribution < -0.4 is 5.26 Å². The number of carbonyl (C=O) groups is 2. The first-order chi connectivity index (χ1) is 3.66. The molecular formula is C2HO6-. The SMILES string of the molecule is O=C(O)OC(=O)O[O-].